The van der Waals surface area contributed by atoms with Crippen molar-refractivity contribution in [2.45, 2.75) is 77.4 Å². The largest absolute Gasteiger partial charge is 0.352 e. The SMILES string of the molecule is CCC(=O)N(Cc1ccccc1C)C(Cc1ccccc1)C(=O)NC1CCCCC1. The minimum absolute atomic E-state index is 0.0120. The van der Waals surface area contributed by atoms with E-state index in [2.05, 4.69) is 18.3 Å². The van der Waals surface area contributed by atoms with E-state index in [1.807, 2.05) is 55.5 Å². The molecule has 0 aromatic heterocycles. The number of carbonyl (C=O) groups is 2. The lowest BCUT2D eigenvalue weighted by Crippen LogP contribution is -2.52. The molecule has 1 atom stereocenters. The van der Waals surface area contributed by atoms with Crippen LogP contribution < -0.4 is 5.32 Å². The Morgan fingerprint density at radius 2 is 1.67 bits per heavy atom. The van der Waals surface area contributed by atoms with E-state index in [0.717, 1.165) is 42.4 Å². The summed E-state index contributed by atoms with van der Waals surface area (Å²) < 4.78 is 0. The lowest BCUT2D eigenvalue weighted by molar-refractivity contribution is -0.141. The minimum Gasteiger partial charge on any atom is -0.352 e. The highest BCUT2D eigenvalue weighted by Crippen LogP contribution is 2.20. The highest BCUT2D eigenvalue weighted by Gasteiger charge is 2.31. The molecule has 4 nitrogen and oxygen atoms in total. The van der Waals surface area contributed by atoms with Crippen LogP contribution in [-0.4, -0.2) is 28.8 Å². The molecule has 3 rings (SSSR count). The first-order chi connectivity index (χ1) is 14.6. The van der Waals surface area contributed by atoms with Gasteiger partial charge in [-0.1, -0.05) is 80.8 Å². The van der Waals surface area contributed by atoms with E-state index >= 15 is 0 Å². The molecule has 1 unspecified atom stereocenters. The second-order valence-electron chi connectivity index (χ2n) is 8.35. The van der Waals surface area contributed by atoms with Gasteiger partial charge in [0.15, 0.2) is 0 Å². The number of aryl methyl sites for hydroxylation is 1. The Hall–Kier alpha value is -2.62. The molecular weight excluding hydrogens is 372 g/mol. The number of amides is 2. The van der Waals surface area contributed by atoms with Crippen molar-refractivity contribution in [1.29, 1.82) is 0 Å². The molecule has 160 valence electrons. The maximum absolute atomic E-state index is 13.4. The monoisotopic (exact) mass is 406 g/mol. The van der Waals surface area contributed by atoms with Crippen LogP contribution >= 0.6 is 0 Å². The fourth-order valence-electron chi connectivity index (χ4n) is 4.27. The van der Waals surface area contributed by atoms with E-state index in [0.29, 0.717) is 19.4 Å². The molecule has 0 radical (unpaired) electrons. The van der Waals surface area contributed by atoms with Crippen LogP contribution in [0.2, 0.25) is 0 Å². The first-order valence-electron chi connectivity index (χ1n) is 11.3. The van der Waals surface area contributed by atoms with E-state index in [4.69, 9.17) is 0 Å². The fraction of sp³-hybridized carbons (Fsp3) is 0.462. The minimum atomic E-state index is -0.513. The number of hydrogen-bond donors (Lipinski definition) is 1. The van der Waals surface area contributed by atoms with Gasteiger partial charge in [-0.2, -0.15) is 0 Å². The summed E-state index contributed by atoms with van der Waals surface area (Å²) in [5.41, 5.74) is 3.29. The van der Waals surface area contributed by atoms with E-state index in [9.17, 15) is 9.59 Å². The maximum atomic E-state index is 13.4. The van der Waals surface area contributed by atoms with Crippen LogP contribution in [-0.2, 0) is 22.6 Å². The van der Waals surface area contributed by atoms with Crippen molar-refractivity contribution in [3.05, 3.63) is 71.3 Å². The van der Waals surface area contributed by atoms with Crippen molar-refractivity contribution in [2.24, 2.45) is 0 Å². The molecule has 0 saturated heterocycles. The van der Waals surface area contributed by atoms with Gasteiger partial charge in [-0.05, 0) is 36.5 Å². The van der Waals surface area contributed by atoms with Crippen LogP contribution in [0.1, 0.15) is 62.1 Å². The van der Waals surface area contributed by atoms with Crippen molar-refractivity contribution < 1.29 is 9.59 Å². The predicted molar refractivity (Wildman–Crippen MR) is 121 cm³/mol. The van der Waals surface area contributed by atoms with Crippen LogP contribution in [0.4, 0.5) is 0 Å². The fourth-order valence-corrected chi connectivity index (χ4v) is 4.27. The molecule has 30 heavy (non-hydrogen) atoms. The highest BCUT2D eigenvalue weighted by atomic mass is 16.2. The zero-order valence-electron chi connectivity index (χ0n) is 18.3. The molecule has 0 heterocycles. The van der Waals surface area contributed by atoms with E-state index in [-0.39, 0.29) is 17.9 Å². The summed E-state index contributed by atoms with van der Waals surface area (Å²) in [6.07, 6.45) is 6.54. The zero-order chi connectivity index (χ0) is 21.3. The Balaban J connectivity index is 1.87. The number of benzene rings is 2. The number of rotatable bonds is 8. The van der Waals surface area contributed by atoms with Gasteiger partial charge in [0.25, 0.3) is 0 Å². The Labute approximate surface area is 180 Å². The third-order valence-corrected chi connectivity index (χ3v) is 6.13. The number of hydrogen-bond acceptors (Lipinski definition) is 2. The topological polar surface area (TPSA) is 49.4 Å². The molecule has 2 amide bonds. The highest BCUT2D eigenvalue weighted by molar-refractivity contribution is 5.88. The van der Waals surface area contributed by atoms with Gasteiger partial charge in [0.05, 0.1) is 0 Å². The summed E-state index contributed by atoms with van der Waals surface area (Å²) in [7, 11) is 0. The van der Waals surface area contributed by atoms with Crippen molar-refractivity contribution in [2.75, 3.05) is 0 Å². The van der Waals surface area contributed by atoms with Gasteiger partial charge in [-0.3, -0.25) is 9.59 Å². The quantitative estimate of drug-likeness (QED) is 0.685. The van der Waals surface area contributed by atoms with Crippen LogP contribution in [0.5, 0.6) is 0 Å². The van der Waals surface area contributed by atoms with Gasteiger partial charge in [-0.15, -0.1) is 0 Å². The Kier molecular flexibility index (Phi) is 8.06. The van der Waals surface area contributed by atoms with E-state index in [1.165, 1.54) is 6.42 Å². The molecule has 1 saturated carbocycles. The number of nitrogens with zero attached hydrogens (tertiary/aromatic N) is 1. The summed E-state index contributed by atoms with van der Waals surface area (Å²) >= 11 is 0. The van der Waals surface area contributed by atoms with Crippen molar-refractivity contribution in [1.82, 2.24) is 10.2 Å². The van der Waals surface area contributed by atoms with Crippen LogP contribution in [0, 0.1) is 6.92 Å². The van der Waals surface area contributed by atoms with Gasteiger partial charge >= 0.3 is 0 Å². The Bertz CT molecular complexity index is 828. The third-order valence-electron chi connectivity index (χ3n) is 6.13. The molecule has 1 fully saturated rings. The standard InChI is InChI=1S/C26H34N2O2/c1-3-25(29)28(19-22-15-11-10-12-20(22)2)24(18-21-13-6-4-7-14-21)26(30)27-23-16-8-5-9-17-23/h4,6-7,10-15,23-24H,3,5,8-9,16-19H2,1-2H3,(H,27,30). The van der Waals surface area contributed by atoms with Crippen LogP contribution in [0.25, 0.3) is 0 Å². The molecule has 2 aromatic rings. The normalized spacial score (nSPS) is 15.4. The summed E-state index contributed by atoms with van der Waals surface area (Å²) in [4.78, 5) is 28.2. The molecule has 0 aliphatic heterocycles. The molecule has 4 heteroatoms. The lowest BCUT2D eigenvalue weighted by atomic mass is 9.94. The predicted octanol–water partition coefficient (Wildman–Crippen LogP) is 4.79. The average molecular weight is 407 g/mol. The first-order valence-corrected chi connectivity index (χ1v) is 11.3. The third kappa shape index (κ3) is 5.94. The Morgan fingerprint density at radius 1 is 1.00 bits per heavy atom. The van der Waals surface area contributed by atoms with Crippen molar-refractivity contribution in [3.63, 3.8) is 0 Å². The molecular formula is C26H34N2O2. The smallest absolute Gasteiger partial charge is 0.243 e. The average Bonchev–Trinajstić information content (AvgIpc) is 2.78. The van der Waals surface area contributed by atoms with E-state index < -0.39 is 6.04 Å². The molecule has 0 bridgehead atoms. The Morgan fingerprint density at radius 3 is 2.33 bits per heavy atom. The molecule has 1 aliphatic rings. The van der Waals surface area contributed by atoms with E-state index in [1.54, 1.807) is 4.90 Å². The molecule has 1 N–H and O–H groups in total. The van der Waals surface area contributed by atoms with Gasteiger partial charge in [0, 0.05) is 25.4 Å². The first kappa shape index (κ1) is 22.1. The molecule has 2 aromatic carbocycles. The summed E-state index contributed by atoms with van der Waals surface area (Å²) in [6.45, 7) is 4.37. The number of nitrogens with one attached hydrogen (secondary N) is 1. The zero-order valence-corrected chi connectivity index (χ0v) is 18.3. The maximum Gasteiger partial charge on any atom is 0.243 e. The van der Waals surface area contributed by atoms with Crippen molar-refractivity contribution >= 4 is 11.8 Å². The summed E-state index contributed by atoms with van der Waals surface area (Å²) in [5.74, 6) is -0.0147. The van der Waals surface area contributed by atoms with Crippen LogP contribution in [0.3, 0.4) is 0 Å². The molecule has 0 spiro atoms. The molecule has 1 aliphatic carbocycles. The second kappa shape index (κ2) is 11.0. The van der Waals surface area contributed by atoms with Crippen LogP contribution in [0.15, 0.2) is 54.6 Å². The number of carbonyl (C=O) groups excluding carboxylic acids is 2. The lowest BCUT2D eigenvalue weighted by Gasteiger charge is -2.33. The second-order valence-corrected chi connectivity index (χ2v) is 8.35. The van der Waals surface area contributed by atoms with Gasteiger partial charge in [-0.25, -0.2) is 0 Å². The van der Waals surface area contributed by atoms with Gasteiger partial charge < -0.3 is 10.2 Å². The van der Waals surface area contributed by atoms with Gasteiger partial charge in [0.1, 0.15) is 6.04 Å². The van der Waals surface area contributed by atoms with Gasteiger partial charge in [0.2, 0.25) is 11.8 Å². The summed E-state index contributed by atoms with van der Waals surface area (Å²) in [6, 6.07) is 17.8. The van der Waals surface area contributed by atoms with Crippen molar-refractivity contribution in [3.8, 4) is 0 Å². The summed E-state index contributed by atoms with van der Waals surface area (Å²) in [5, 5.41) is 3.27.